The van der Waals surface area contributed by atoms with Crippen molar-refractivity contribution in [1.82, 2.24) is 10.2 Å². The van der Waals surface area contributed by atoms with E-state index in [1.54, 1.807) is 4.90 Å². The van der Waals surface area contributed by atoms with Crippen LogP contribution in [0.2, 0.25) is 0 Å². The zero-order chi connectivity index (χ0) is 24.1. The molecule has 34 heavy (non-hydrogen) atoms. The predicted molar refractivity (Wildman–Crippen MR) is 128 cm³/mol. The molecule has 1 aliphatic heterocycles. The van der Waals surface area contributed by atoms with Gasteiger partial charge in [0.25, 0.3) is 0 Å². The number of alkyl carbamates (subject to hydrolysis) is 1. The normalized spacial score (nSPS) is 16.4. The fourth-order valence-corrected chi connectivity index (χ4v) is 5.02. The number of hydrogen-bond acceptors (Lipinski definition) is 4. The number of fused-ring (bicyclic) bond motifs is 3. The summed E-state index contributed by atoms with van der Waals surface area (Å²) in [5, 5.41) is 12.0. The average molecular weight is 465 g/mol. The molecule has 2 aromatic carbocycles. The highest BCUT2D eigenvalue weighted by Crippen LogP contribution is 2.44. The number of unbranched alkanes of at least 4 members (excludes halogenated alkanes) is 1. The van der Waals surface area contributed by atoms with E-state index < -0.39 is 24.0 Å². The van der Waals surface area contributed by atoms with E-state index in [1.165, 1.54) is 0 Å². The molecular formula is C27H32N2O5. The highest BCUT2D eigenvalue weighted by atomic mass is 16.5. The Kier molecular flexibility index (Phi) is 7.50. The molecule has 2 amide bonds. The van der Waals surface area contributed by atoms with Crippen molar-refractivity contribution < 1.29 is 24.2 Å². The molecule has 2 N–H and O–H groups in total. The van der Waals surface area contributed by atoms with Crippen molar-refractivity contribution in [3.8, 4) is 11.1 Å². The van der Waals surface area contributed by atoms with Crippen molar-refractivity contribution in [1.29, 1.82) is 0 Å². The fourth-order valence-electron chi connectivity index (χ4n) is 5.02. The summed E-state index contributed by atoms with van der Waals surface area (Å²) < 4.78 is 5.64. The second kappa shape index (κ2) is 10.7. The largest absolute Gasteiger partial charge is 0.481 e. The van der Waals surface area contributed by atoms with Crippen LogP contribution in [0.25, 0.3) is 11.1 Å². The van der Waals surface area contributed by atoms with Crippen LogP contribution in [-0.2, 0) is 14.3 Å². The van der Waals surface area contributed by atoms with Gasteiger partial charge in [-0.3, -0.25) is 9.59 Å². The molecule has 0 radical (unpaired) electrons. The molecule has 1 fully saturated rings. The first-order valence-corrected chi connectivity index (χ1v) is 12.1. The lowest BCUT2D eigenvalue weighted by atomic mass is 9.96. The van der Waals surface area contributed by atoms with E-state index in [0.717, 1.165) is 35.1 Å². The molecule has 0 saturated carbocycles. The van der Waals surface area contributed by atoms with Crippen LogP contribution in [0.15, 0.2) is 48.5 Å². The number of ether oxygens (including phenoxy) is 1. The number of amides is 2. The van der Waals surface area contributed by atoms with Gasteiger partial charge in [0.2, 0.25) is 5.91 Å². The molecule has 4 rings (SSSR count). The predicted octanol–water partition coefficient (Wildman–Crippen LogP) is 4.41. The Bertz CT molecular complexity index is 999. The third-order valence-electron chi connectivity index (χ3n) is 6.94. The maximum absolute atomic E-state index is 13.1. The van der Waals surface area contributed by atoms with E-state index in [-0.39, 0.29) is 18.4 Å². The molecular weight excluding hydrogens is 432 g/mol. The summed E-state index contributed by atoms with van der Waals surface area (Å²) in [5.74, 6) is -1.43. The number of carbonyl (C=O) groups excluding carboxylic acids is 2. The number of aliphatic carboxylic acids is 1. The number of nitrogens with zero attached hydrogens (tertiary/aromatic N) is 1. The molecule has 1 atom stereocenters. The lowest BCUT2D eigenvalue weighted by molar-refractivity contribution is -0.146. The van der Waals surface area contributed by atoms with Crippen LogP contribution in [0.4, 0.5) is 4.79 Å². The summed E-state index contributed by atoms with van der Waals surface area (Å²) in [6.07, 6.45) is 2.50. The SMILES string of the molecule is CCCC[C@H](NC(=O)OCC1c2ccccc2-c2ccccc21)C(=O)N1CCC(C(=O)O)CC1. The van der Waals surface area contributed by atoms with Crippen molar-refractivity contribution in [3.05, 3.63) is 59.7 Å². The first-order valence-electron chi connectivity index (χ1n) is 12.1. The van der Waals surface area contributed by atoms with Gasteiger partial charge in [-0.15, -0.1) is 0 Å². The van der Waals surface area contributed by atoms with E-state index in [2.05, 4.69) is 29.6 Å². The molecule has 1 heterocycles. The van der Waals surface area contributed by atoms with Gasteiger partial charge in [-0.2, -0.15) is 0 Å². The number of carbonyl (C=O) groups is 3. The molecule has 0 spiro atoms. The van der Waals surface area contributed by atoms with Crippen LogP contribution in [-0.4, -0.2) is 53.7 Å². The summed E-state index contributed by atoms with van der Waals surface area (Å²) in [4.78, 5) is 38.7. The van der Waals surface area contributed by atoms with E-state index >= 15 is 0 Å². The van der Waals surface area contributed by atoms with Gasteiger partial charge in [-0.1, -0.05) is 68.3 Å². The van der Waals surface area contributed by atoms with Crippen molar-refractivity contribution in [3.63, 3.8) is 0 Å². The van der Waals surface area contributed by atoms with Gasteiger partial charge in [0.15, 0.2) is 0 Å². The number of piperidine rings is 1. The minimum atomic E-state index is -0.814. The zero-order valence-corrected chi connectivity index (χ0v) is 19.5. The van der Waals surface area contributed by atoms with E-state index in [1.807, 2.05) is 31.2 Å². The second-order valence-corrected chi connectivity index (χ2v) is 9.10. The Labute approximate surface area is 200 Å². The van der Waals surface area contributed by atoms with Gasteiger partial charge in [0, 0.05) is 19.0 Å². The fraction of sp³-hybridized carbons (Fsp3) is 0.444. The number of carboxylic acids is 1. The highest BCUT2D eigenvalue weighted by molar-refractivity contribution is 5.86. The third-order valence-corrected chi connectivity index (χ3v) is 6.94. The van der Waals surface area contributed by atoms with E-state index in [9.17, 15) is 19.5 Å². The zero-order valence-electron chi connectivity index (χ0n) is 19.5. The summed E-state index contributed by atoms with van der Waals surface area (Å²) in [6, 6.07) is 15.6. The average Bonchev–Trinajstić information content (AvgIpc) is 3.18. The third kappa shape index (κ3) is 5.08. The Morgan fingerprint density at radius 1 is 1.03 bits per heavy atom. The molecule has 0 bridgehead atoms. The summed E-state index contributed by atoms with van der Waals surface area (Å²) >= 11 is 0. The quantitative estimate of drug-likeness (QED) is 0.603. The summed E-state index contributed by atoms with van der Waals surface area (Å²) in [7, 11) is 0. The maximum atomic E-state index is 13.1. The number of likely N-dealkylation sites (tertiary alicyclic amines) is 1. The molecule has 0 aromatic heterocycles. The highest BCUT2D eigenvalue weighted by Gasteiger charge is 2.32. The first-order chi connectivity index (χ1) is 16.5. The molecule has 7 nitrogen and oxygen atoms in total. The van der Waals surface area contributed by atoms with Crippen molar-refractivity contribution >= 4 is 18.0 Å². The lowest BCUT2D eigenvalue weighted by Gasteiger charge is -2.33. The Balaban J connectivity index is 1.38. The minimum absolute atomic E-state index is 0.0435. The van der Waals surface area contributed by atoms with Crippen LogP contribution in [0.3, 0.4) is 0 Å². The molecule has 0 unspecified atom stereocenters. The topological polar surface area (TPSA) is 95.9 Å². The standard InChI is InChI=1S/C27H32N2O5/c1-2-3-12-24(25(30)29-15-13-18(14-16-29)26(31)32)28-27(33)34-17-23-21-10-6-4-8-19(21)20-9-5-7-11-22(20)23/h4-11,18,23-24H,2-3,12-17H2,1H3,(H,28,33)(H,31,32)/t24-/m0/s1. The van der Waals surface area contributed by atoms with Gasteiger partial charge in [0.05, 0.1) is 5.92 Å². The van der Waals surface area contributed by atoms with Gasteiger partial charge in [0.1, 0.15) is 12.6 Å². The van der Waals surface area contributed by atoms with Crippen LogP contribution in [0.5, 0.6) is 0 Å². The number of benzene rings is 2. The summed E-state index contributed by atoms with van der Waals surface area (Å²) in [5.41, 5.74) is 4.59. The van der Waals surface area contributed by atoms with Crippen molar-refractivity contribution in [2.24, 2.45) is 5.92 Å². The summed E-state index contributed by atoms with van der Waals surface area (Å²) in [6.45, 7) is 3.02. The van der Waals surface area contributed by atoms with Gasteiger partial charge in [-0.25, -0.2) is 4.79 Å². The number of carboxylic acid groups (broad SMARTS) is 1. The van der Waals surface area contributed by atoms with Gasteiger partial charge < -0.3 is 20.1 Å². The Morgan fingerprint density at radius 2 is 1.62 bits per heavy atom. The Morgan fingerprint density at radius 3 is 2.18 bits per heavy atom. The van der Waals surface area contributed by atoms with E-state index in [4.69, 9.17) is 4.74 Å². The van der Waals surface area contributed by atoms with Gasteiger partial charge in [-0.05, 0) is 41.5 Å². The molecule has 7 heteroatoms. The lowest BCUT2D eigenvalue weighted by Crippen LogP contribution is -2.51. The van der Waals surface area contributed by atoms with Crippen LogP contribution in [0.1, 0.15) is 56.1 Å². The number of rotatable bonds is 8. The Hall–Kier alpha value is -3.35. The van der Waals surface area contributed by atoms with Crippen molar-refractivity contribution in [2.45, 2.75) is 51.0 Å². The molecule has 1 saturated heterocycles. The van der Waals surface area contributed by atoms with Crippen molar-refractivity contribution in [2.75, 3.05) is 19.7 Å². The first kappa shape index (κ1) is 23.8. The van der Waals surface area contributed by atoms with E-state index in [0.29, 0.717) is 32.4 Å². The molecule has 1 aliphatic carbocycles. The van der Waals surface area contributed by atoms with Crippen LogP contribution >= 0.6 is 0 Å². The maximum Gasteiger partial charge on any atom is 0.407 e. The number of hydrogen-bond donors (Lipinski definition) is 2. The van der Waals surface area contributed by atoms with Crippen LogP contribution in [0, 0.1) is 5.92 Å². The monoisotopic (exact) mass is 464 g/mol. The molecule has 180 valence electrons. The minimum Gasteiger partial charge on any atom is -0.481 e. The molecule has 2 aromatic rings. The van der Waals surface area contributed by atoms with Crippen LogP contribution < -0.4 is 5.32 Å². The molecule has 2 aliphatic rings. The smallest absolute Gasteiger partial charge is 0.407 e. The number of nitrogens with one attached hydrogen (secondary N) is 1. The second-order valence-electron chi connectivity index (χ2n) is 9.10. The van der Waals surface area contributed by atoms with Gasteiger partial charge >= 0.3 is 12.1 Å².